The second-order valence-electron chi connectivity index (χ2n) is 5.38. The minimum absolute atomic E-state index is 0.407. The third-order valence-electron chi connectivity index (χ3n) is 3.85. The highest BCUT2D eigenvalue weighted by Gasteiger charge is 2.14. The molecule has 120 valence electrons. The van der Waals surface area contributed by atoms with Crippen LogP contribution in [0.4, 0.5) is 11.5 Å². The number of hydrogen-bond donors (Lipinski definition) is 2. The molecule has 3 rings (SSSR count). The van der Waals surface area contributed by atoms with Crippen LogP contribution in [0.5, 0.6) is 0 Å². The van der Waals surface area contributed by atoms with Gasteiger partial charge in [0.2, 0.25) is 5.91 Å². The van der Waals surface area contributed by atoms with Crippen molar-refractivity contribution >= 4 is 17.4 Å². The number of anilines is 2. The van der Waals surface area contributed by atoms with Crippen molar-refractivity contribution in [3.8, 4) is 0 Å². The van der Waals surface area contributed by atoms with E-state index in [0.717, 1.165) is 26.3 Å². The standard InChI is InChI=1S/C17H20N4O2/c18-17(22)14-5-6-16(20-12-14)19-11-13-3-1-2-4-15(13)21-7-9-23-10-8-21/h1-6,12H,7-11H2,(H2,18,22)(H,19,20). The minimum atomic E-state index is -0.471. The van der Waals surface area contributed by atoms with E-state index in [1.807, 2.05) is 12.1 Å². The second kappa shape index (κ2) is 7.11. The molecule has 1 amide bonds. The van der Waals surface area contributed by atoms with E-state index in [1.165, 1.54) is 17.4 Å². The molecule has 6 heteroatoms. The molecule has 0 radical (unpaired) electrons. The van der Waals surface area contributed by atoms with Gasteiger partial charge in [0.15, 0.2) is 0 Å². The van der Waals surface area contributed by atoms with Crippen molar-refractivity contribution in [3.05, 3.63) is 53.7 Å². The number of para-hydroxylation sites is 1. The second-order valence-corrected chi connectivity index (χ2v) is 5.38. The molecule has 1 aromatic carbocycles. The summed E-state index contributed by atoms with van der Waals surface area (Å²) in [5.74, 6) is 0.244. The van der Waals surface area contributed by atoms with Gasteiger partial charge in [0.25, 0.3) is 0 Å². The number of primary amides is 1. The highest BCUT2D eigenvalue weighted by Crippen LogP contribution is 2.22. The van der Waals surface area contributed by atoms with Gasteiger partial charge in [-0.05, 0) is 23.8 Å². The van der Waals surface area contributed by atoms with Crippen LogP contribution >= 0.6 is 0 Å². The number of nitrogens with one attached hydrogen (secondary N) is 1. The fourth-order valence-corrected chi connectivity index (χ4v) is 2.60. The van der Waals surface area contributed by atoms with Crippen LogP contribution < -0.4 is 16.0 Å². The van der Waals surface area contributed by atoms with E-state index in [-0.39, 0.29) is 0 Å². The van der Waals surface area contributed by atoms with Gasteiger partial charge in [0, 0.05) is 31.5 Å². The first-order valence-corrected chi connectivity index (χ1v) is 7.64. The van der Waals surface area contributed by atoms with Gasteiger partial charge in [-0.15, -0.1) is 0 Å². The number of carbonyl (C=O) groups excluding carboxylic acids is 1. The average molecular weight is 312 g/mol. The van der Waals surface area contributed by atoms with Crippen LogP contribution in [0, 0.1) is 0 Å². The molecule has 0 spiro atoms. The number of amides is 1. The first-order valence-electron chi connectivity index (χ1n) is 7.64. The van der Waals surface area contributed by atoms with Crippen molar-refractivity contribution in [3.63, 3.8) is 0 Å². The van der Waals surface area contributed by atoms with E-state index in [2.05, 4.69) is 27.3 Å². The number of nitrogens with zero attached hydrogens (tertiary/aromatic N) is 2. The Morgan fingerprint density at radius 1 is 1.22 bits per heavy atom. The Balaban J connectivity index is 1.69. The predicted octanol–water partition coefficient (Wildman–Crippen LogP) is 1.63. The SMILES string of the molecule is NC(=O)c1ccc(NCc2ccccc2N2CCOCC2)nc1. The number of hydrogen-bond acceptors (Lipinski definition) is 5. The van der Waals surface area contributed by atoms with Crippen molar-refractivity contribution in [2.45, 2.75) is 6.54 Å². The zero-order valence-electron chi connectivity index (χ0n) is 12.9. The maximum Gasteiger partial charge on any atom is 0.250 e. The van der Waals surface area contributed by atoms with Crippen LogP contribution in [-0.2, 0) is 11.3 Å². The smallest absolute Gasteiger partial charge is 0.250 e. The molecule has 2 aromatic rings. The molecule has 1 aliphatic heterocycles. The van der Waals surface area contributed by atoms with Crippen molar-refractivity contribution in [1.82, 2.24) is 4.98 Å². The van der Waals surface area contributed by atoms with Crippen LogP contribution in [-0.4, -0.2) is 37.2 Å². The van der Waals surface area contributed by atoms with E-state index in [1.54, 1.807) is 12.1 Å². The van der Waals surface area contributed by atoms with Gasteiger partial charge in [-0.2, -0.15) is 0 Å². The summed E-state index contributed by atoms with van der Waals surface area (Å²) < 4.78 is 5.42. The quantitative estimate of drug-likeness (QED) is 0.877. The Morgan fingerprint density at radius 3 is 2.70 bits per heavy atom. The molecule has 1 aromatic heterocycles. The van der Waals surface area contributed by atoms with Crippen LogP contribution in [0.1, 0.15) is 15.9 Å². The van der Waals surface area contributed by atoms with E-state index >= 15 is 0 Å². The molecular weight excluding hydrogens is 292 g/mol. The summed E-state index contributed by atoms with van der Waals surface area (Å²) >= 11 is 0. The Kier molecular flexibility index (Phi) is 4.73. The summed E-state index contributed by atoms with van der Waals surface area (Å²) in [7, 11) is 0. The Bertz CT molecular complexity index is 667. The molecule has 1 saturated heterocycles. The summed E-state index contributed by atoms with van der Waals surface area (Å²) in [5, 5.41) is 3.29. The van der Waals surface area contributed by atoms with E-state index in [0.29, 0.717) is 17.9 Å². The molecule has 3 N–H and O–H groups in total. The number of carbonyl (C=O) groups is 1. The average Bonchev–Trinajstić information content (AvgIpc) is 2.61. The summed E-state index contributed by atoms with van der Waals surface area (Å²) in [6.07, 6.45) is 1.48. The molecule has 1 fully saturated rings. The molecule has 1 aliphatic rings. The highest BCUT2D eigenvalue weighted by molar-refractivity contribution is 5.92. The summed E-state index contributed by atoms with van der Waals surface area (Å²) in [6, 6.07) is 11.8. The van der Waals surface area contributed by atoms with Crippen LogP contribution in [0.15, 0.2) is 42.6 Å². The number of morpholine rings is 1. The Labute approximate surface area is 135 Å². The molecule has 0 atom stereocenters. The summed E-state index contributed by atoms with van der Waals surface area (Å²) in [5.41, 5.74) is 8.05. The number of pyridine rings is 1. The monoisotopic (exact) mass is 312 g/mol. The van der Waals surface area contributed by atoms with Gasteiger partial charge in [-0.25, -0.2) is 4.98 Å². The van der Waals surface area contributed by atoms with Crippen LogP contribution in [0.2, 0.25) is 0 Å². The third kappa shape index (κ3) is 3.78. The van der Waals surface area contributed by atoms with E-state index in [9.17, 15) is 4.79 Å². The topological polar surface area (TPSA) is 80.5 Å². The lowest BCUT2D eigenvalue weighted by molar-refractivity contribution is 0.1000. The van der Waals surface area contributed by atoms with E-state index < -0.39 is 5.91 Å². The summed E-state index contributed by atoms with van der Waals surface area (Å²) in [4.78, 5) is 17.6. The first kappa shape index (κ1) is 15.3. The summed E-state index contributed by atoms with van der Waals surface area (Å²) in [6.45, 7) is 4.00. The van der Waals surface area contributed by atoms with Crippen LogP contribution in [0.25, 0.3) is 0 Å². The van der Waals surface area contributed by atoms with Gasteiger partial charge >= 0.3 is 0 Å². The zero-order valence-corrected chi connectivity index (χ0v) is 12.9. The molecule has 0 unspecified atom stereocenters. The molecule has 2 heterocycles. The first-order chi connectivity index (χ1) is 11.2. The number of benzene rings is 1. The third-order valence-corrected chi connectivity index (χ3v) is 3.85. The Morgan fingerprint density at radius 2 is 2.00 bits per heavy atom. The molecule has 23 heavy (non-hydrogen) atoms. The number of ether oxygens (including phenoxy) is 1. The number of aromatic nitrogens is 1. The van der Waals surface area contributed by atoms with Gasteiger partial charge in [0.1, 0.15) is 5.82 Å². The van der Waals surface area contributed by atoms with Gasteiger partial charge in [0.05, 0.1) is 18.8 Å². The lowest BCUT2D eigenvalue weighted by atomic mass is 10.1. The van der Waals surface area contributed by atoms with Gasteiger partial charge in [-0.3, -0.25) is 4.79 Å². The molecule has 0 aliphatic carbocycles. The Hall–Kier alpha value is -2.60. The van der Waals surface area contributed by atoms with Crippen molar-refractivity contribution in [2.75, 3.05) is 36.5 Å². The molecule has 0 saturated carbocycles. The minimum Gasteiger partial charge on any atom is -0.378 e. The molecule has 0 bridgehead atoms. The number of rotatable bonds is 5. The van der Waals surface area contributed by atoms with Crippen molar-refractivity contribution < 1.29 is 9.53 Å². The zero-order chi connectivity index (χ0) is 16.1. The predicted molar refractivity (Wildman–Crippen MR) is 89.6 cm³/mol. The van der Waals surface area contributed by atoms with Crippen LogP contribution in [0.3, 0.4) is 0 Å². The highest BCUT2D eigenvalue weighted by atomic mass is 16.5. The molecule has 6 nitrogen and oxygen atoms in total. The molecular formula is C17H20N4O2. The lowest BCUT2D eigenvalue weighted by Gasteiger charge is -2.30. The fourth-order valence-electron chi connectivity index (χ4n) is 2.60. The number of nitrogens with two attached hydrogens (primary N) is 1. The maximum atomic E-state index is 11.1. The largest absolute Gasteiger partial charge is 0.378 e. The van der Waals surface area contributed by atoms with E-state index in [4.69, 9.17) is 10.5 Å². The normalized spacial score (nSPS) is 14.5. The lowest BCUT2D eigenvalue weighted by Crippen LogP contribution is -2.36. The van der Waals surface area contributed by atoms with Gasteiger partial charge in [-0.1, -0.05) is 18.2 Å². The van der Waals surface area contributed by atoms with Gasteiger partial charge < -0.3 is 20.7 Å². The van der Waals surface area contributed by atoms with Crippen molar-refractivity contribution in [1.29, 1.82) is 0 Å². The maximum absolute atomic E-state index is 11.1. The fraction of sp³-hybridized carbons (Fsp3) is 0.294. The van der Waals surface area contributed by atoms with Crippen molar-refractivity contribution in [2.24, 2.45) is 5.73 Å².